The minimum Gasteiger partial charge on any atom is -0.317 e. The van der Waals surface area contributed by atoms with E-state index in [-0.39, 0.29) is 0 Å². The lowest BCUT2D eigenvalue weighted by atomic mass is 10.2. The average Bonchev–Trinajstić information content (AvgIpc) is 2.44. The van der Waals surface area contributed by atoms with Crippen LogP contribution in [0, 0.1) is 6.92 Å². The Balaban J connectivity index is 2.50. The van der Waals surface area contributed by atoms with Gasteiger partial charge in [-0.1, -0.05) is 6.92 Å². The van der Waals surface area contributed by atoms with E-state index in [1.54, 1.807) is 0 Å². The molecule has 0 saturated heterocycles. The van der Waals surface area contributed by atoms with Gasteiger partial charge in [-0.15, -0.1) is 10.2 Å². The van der Waals surface area contributed by atoms with Gasteiger partial charge in [0.15, 0.2) is 0 Å². The van der Waals surface area contributed by atoms with Gasteiger partial charge in [-0.25, -0.2) is 0 Å². The van der Waals surface area contributed by atoms with Gasteiger partial charge >= 0.3 is 0 Å². The van der Waals surface area contributed by atoms with Crippen LogP contribution in [0.4, 0.5) is 0 Å². The molecule has 4 heteroatoms. The van der Waals surface area contributed by atoms with Crippen molar-refractivity contribution in [1.29, 1.82) is 0 Å². The quantitative estimate of drug-likeness (QED) is 0.755. The first-order valence-electron chi connectivity index (χ1n) is 4.73. The average molecular weight is 182 g/mol. The zero-order valence-corrected chi connectivity index (χ0v) is 8.83. The summed E-state index contributed by atoms with van der Waals surface area (Å²) in [6, 6.07) is 0.539. The number of aromatic nitrogens is 3. The second-order valence-corrected chi connectivity index (χ2v) is 3.41. The summed E-state index contributed by atoms with van der Waals surface area (Å²) in [5.41, 5.74) is 0. The molecule has 0 aliphatic heterocycles. The summed E-state index contributed by atoms with van der Waals surface area (Å²) in [7, 11) is 1.99. The fourth-order valence-electron chi connectivity index (χ4n) is 1.01. The van der Waals surface area contributed by atoms with Crippen molar-refractivity contribution in [2.45, 2.75) is 39.8 Å². The lowest BCUT2D eigenvalue weighted by Crippen LogP contribution is -2.26. The summed E-state index contributed by atoms with van der Waals surface area (Å²) in [6.07, 6.45) is 1.14. The van der Waals surface area contributed by atoms with Gasteiger partial charge in [0.05, 0.1) is 6.54 Å². The zero-order chi connectivity index (χ0) is 9.84. The van der Waals surface area contributed by atoms with Crippen LogP contribution < -0.4 is 5.32 Å². The normalized spacial score (nSPS) is 13.2. The van der Waals surface area contributed by atoms with Gasteiger partial charge in [0.1, 0.15) is 11.6 Å². The van der Waals surface area contributed by atoms with E-state index in [2.05, 4.69) is 29.4 Å². The van der Waals surface area contributed by atoms with Crippen molar-refractivity contribution in [3.05, 3.63) is 11.6 Å². The van der Waals surface area contributed by atoms with Gasteiger partial charge in [-0.05, 0) is 20.3 Å². The second-order valence-electron chi connectivity index (χ2n) is 3.41. The van der Waals surface area contributed by atoms with Gasteiger partial charge < -0.3 is 9.88 Å². The number of hydrogen-bond acceptors (Lipinski definition) is 3. The highest BCUT2D eigenvalue weighted by atomic mass is 15.3. The first kappa shape index (κ1) is 10.2. The van der Waals surface area contributed by atoms with E-state index >= 15 is 0 Å². The summed E-state index contributed by atoms with van der Waals surface area (Å²) in [5.74, 6) is 1.96. The van der Waals surface area contributed by atoms with Crippen molar-refractivity contribution in [2.24, 2.45) is 7.05 Å². The molecule has 0 aliphatic carbocycles. The lowest BCUT2D eigenvalue weighted by Gasteiger charge is -2.10. The highest BCUT2D eigenvalue weighted by Crippen LogP contribution is 1.98. The Bertz CT molecular complexity index is 267. The first-order valence-corrected chi connectivity index (χ1v) is 4.73. The molecule has 1 heterocycles. The third-order valence-corrected chi connectivity index (χ3v) is 2.40. The summed E-state index contributed by atoms with van der Waals surface area (Å²) in [5, 5.41) is 11.4. The molecule has 0 aromatic carbocycles. The van der Waals surface area contributed by atoms with E-state index in [1.165, 1.54) is 0 Å². The maximum absolute atomic E-state index is 4.07. The Morgan fingerprint density at radius 2 is 2.15 bits per heavy atom. The van der Waals surface area contributed by atoms with Gasteiger partial charge in [-0.3, -0.25) is 0 Å². The lowest BCUT2D eigenvalue weighted by molar-refractivity contribution is 0.515. The van der Waals surface area contributed by atoms with Crippen LogP contribution in [0.5, 0.6) is 0 Å². The molecule has 13 heavy (non-hydrogen) atoms. The molecule has 0 spiro atoms. The summed E-state index contributed by atoms with van der Waals surface area (Å²) >= 11 is 0. The number of nitrogens with one attached hydrogen (secondary N) is 1. The van der Waals surface area contributed by atoms with E-state index in [4.69, 9.17) is 0 Å². The Morgan fingerprint density at radius 1 is 1.46 bits per heavy atom. The molecule has 0 saturated carbocycles. The summed E-state index contributed by atoms with van der Waals surface area (Å²) < 4.78 is 2.01. The Hall–Kier alpha value is -0.900. The number of hydrogen-bond donors (Lipinski definition) is 1. The SMILES string of the molecule is CCC(C)NCc1nnc(C)n1C. The molecule has 1 atom stereocenters. The van der Waals surface area contributed by atoms with Gasteiger partial charge in [-0.2, -0.15) is 0 Å². The zero-order valence-electron chi connectivity index (χ0n) is 8.83. The van der Waals surface area contributed by atoms with Crippen molar-refractivity contribution < 1.29 is 0 Å². The molecule has 0 aliphatic rings. The highest BCUT2D eigenvalue weighted by Gasteiger charge is 2.05. The minimum absolute atomic E-state index is 0.539. The van der Waals surface area contributed by atoms with E-state index in [9.17, 15) is 0 Å². The molecule has 0 bridgehead atoms. The van der Waals surface area contributed by atoms with Crippen LogP contribution in [0.15, 0.2) is 0 Å². The Morgan fingerprint density at radius 3 is 2.62 bits per heavy atom. The number of aryl methyl sites for hydroxylation is 1. The molecule has 1 aromatic heterocycles. The van der Waals surface area contributed by atoms with Crippen molar-refractivity contribution in [2.75, 3.05) is 0 Å². The van der Waals surface area contributed by atoms with E-state index < -0.39 is 0 Å². The third kappa shape index (κ3) is 2.52. The maximum atomic E-state index is 4.07. The first-order chi connectivity index (χ1) is 6.15. The minimum atomic E-state index is 0.539. The van der Waals surface area contributed by atoms with Crippen LogP contribution in [-0.4, -0.2) is 20.8 Å². The Kier molecular flexibility index (Phi) is 3.42. The molecule has 1 aromatic rings. The molecule has 0 radical (unpaired) electrons. The van der Waals surface area contributed by atoms with E-state index in [0.29, 0.717) is 6.04 Å². The van der Waals surface area contributed by atoms with E-state index in [0.717, 1.165) is 24.6 Å². The van der Waals surface area contributed by atoms with Gasteiger partial charge in [0, 0.05) is 13.1 Å². The van der Waals surface area contributed by atoms with Crippen LogP contribution in [0.3, 0.4) is 0 Å². The van der Waals surface area contributed by atoms with Crippen LogP contribution in [0.1, 0.15) is 31.9 Å². The molecular formula is C9H18N4. The molecule has 1 unspecified atom stereocenters. The van der Waals surface area contributed by atoms with Crippen LogP contribution >= 0.6 is 0 Å². The number of nitrogens with zero attached hydrogens (tertiary/aromatic N) is 3. The molecule has 0 fully saturated rings. The second kappa shape index (κ2) is 4.37. The standard InChI is InChI=1S/C9H18N4/c1-5-7(2)10-6-9-12-11-8(3)13(9)4/h7,10H,5-6H2,1-4H3. The molecule has 1 N–H and O–H groups in total. The monoisotopic (exact) mass is 182 g/mol. The molecule has 1 rings (SSSR count). The summed E-state index contributed by atoms with van der Waals surface area (Å²) in [6.45, 7) is 7.09. The van der Waals surface area contributed by atoms with Crippen molar-refractivity contribution in [3.63, 3.8) is 0 Å². The van der Waals surface area contributed by atoms with E-state index in [1.807, 2.05) is 18.5 Å². The molecular weight excluding hydrogens is 164 g/mol. The fraction of sp³-hybridized carbons (Fsp3) is 0.778. The fourth-order valence-corrected chi connectivity index (χ4v) is 1.01. The number of rotatable bonds is 4. The van der Waals surface area contributed by atoms with Gasteiger partial charge in [0.25, 0.3) is 0 Å². The summed E-state index contributed by atoms with van der Waals surface area (Å²) in [4.78, 5) is 0. The topological polar surface area (TPSA) is 42.7 Å². The van der Waals surface area contributed by atoms with Gasteiger partial charge in [0.2, 0.25) is 0 Å². The maximum Gasteiger partial charge on any atom is 0.146 e. The largest absolute Gasteiger partial charge is 0.317 e. The van der Waals surface area contributed by atoms with Crippen molar-refractivity contribution >= 4 is 0 Å². The molecule has 4 nitrogen and oxygen atoms in total. The van der Waals surface area contributed by atoms with Crippen LogP contribution in [-0.2, 0) is 13.6 Å². The predicted octanol–water partition coefficient (Wildman–Crippen LogP) is 1.01. The van der Waals surface area contributed by atoms with Crippen molar-refractivity contribution in [3.8, 4) is 0 Å². The highest BCUT2D eigenvalue weighted by molar-refractivity contribution is 4.92. The van der Waals surface area contributed by atoms with Crippen molar-refractivity contribution in [1.82, 2.24) is 20.1 Å². The van der Waals surface area contributed by atoms with Crippen LogP contribution in [0.2, 0.25) is 0 Å². The predicted molar refractivity (Wildman–Crippen MR) is 52.3 cm³/mol. The third-order valence-electron chi connectivity index (χ3n) is 2.40. The smallest absolute Gasteiger partial charge is 0.146 e. The molecule has 74 valence electrons. The Labute approximate surface area is 79.4 Å². The van der Waals surface area contributed by atoms with Crippen LogP contribution in [0.25, 0.3) is 0 Å². The molecule has 0 amide bonds.